The fraction of sp³-hybridized carbons (Fsp3) is 0.348. The molecule has 0 aliphatic heterocycles. The third-order valence-corrected chi connectivity index (χ3v) is 4.75. The highest BCUT2D eigenvalue weighted by Gasteiger charge is 2.15. The minimum atomic E-state index is -0.323. The fourth-order valence-electron chi connectivity index (χ4n) is 2.99. The molecule has 3 amide bonds. The Kier molecular flexibility index (Phi) is 9.02. The average molecular weight is 427 g/mol. The zero-order valence-corrected chi connectivity index (χ0v) is 18.5. The third kappa shape index (κ3) is 7.75. The van der Waals surface area contributed by atoms with E-state index in [2.05, 4.69) is 16.0 Å². The number of carbonyl (C=O) groups excluding carboxylic acids is 3. The van der Waals surface area contributed by atoms with E-state index in [1.165, 1.54) is 0 Å². The normalized spacial score (nSPS) is 10.5. The molecule has 0 aromatic heterocycles. The molecule has 0 aliphatic rings. The molecule has 0 bridgehead atoms. The molecule has 0 radical (unpaired) electrons. The molecule has 0 saturated carbocycles. The molecule has 2 aromatic carbocycles. The SMILES string of the molecule is CCN(CC(=O)NCC(=O)Nc1c(C)cccc1C)CC(=O)Nc1ccc(OC)cc1. The summed E-state index contributed by atoms with van der Waals surface area (Å²) in [4.78, 5) is 38.4. The Morgan fingerprint density at radius 2 is 1.48 bits per heavy atom. The van der Waals surface area contributed by atoms with Crippen molar-refractivity contribution in [1.82, 2.24) is 10.2 Å². The van der Waals surface area contributed by atoms with Crippen molar-refractivity contribution in [2.75, 3.05) is 43.9 Å². The summed E-state index contributed by atoms with van der Waals surface area (Å²) in [5.41, 5.74) is 3.32. The number of methoxy groups -OCH3 is 1. The van der Waals surface area contributed by atoms with Crippen LogP contribution in [0.5, 0.6) is 5.75 Å². The van der Waals surface area contributed by atoms with Crippen LogP contribution in [0, 0.1) is 13.8 Å². The molecule has 8 heteroatoms. The molecule has 0 saturated heterocycles. The maximum absolute atomic E-state index is 12.3. The average Bonchev–Trinajstić information content (AvgIpc) is 2.75. The number of amides is 3. The van der Waals surface area contributed by atoms with Crippen molar-refractivity contribution in [3.63, 3.8) is 0 Å². The Balaban J connectivity index is 1.78. The van der Waals surface area contributed by atoms with Gasteiger partial charge >= 0.3 is 0 Å². The monoisotopic (exact) mass is 426 g/mol. The van der Waals surface area contributed by atoms with Gasteiger partial charge in [0.15, 0.2) is 0 Å². The van der Waals surface area contributed by atoms with Crippen LogP contribution in [-0.2, 0) is 14.4 Å². The van der Waals surface area contributed by atoms with Crippen LogP contribution in [0.25, 0.3) is 0 Å². The van der Waals surface area contributed by atoms with Gasteiger partial charge in [0.1, 0.15) is 5.75 Å². The van der Waals surface area contributed by atoms with Gasteiger partial charge in [-0.15, -0.1) is 0 Å². The molecule has 0 spiro atoms. The van der Waals surface area contributed by atoms with E-state index in [9.17, 15) is 14.4 Å². The van der Waals surface area contributed by atoms with Crippen LogP contribution in [0.1, 0.15) is 18.1 Å². The van der Waals surface area contributed by atoms with E-state index in [1.54, 1.807) is 36.3 Å². The predicted octanol–water partition coefficient (Wildman–Crippen LogP) is 2.33. The van der Waals surface area contributed by atoms with Crippen molar-refractivity contribution >= 4 is 29.1 Å². The highest BCUT2D eigenvalue weighted by Crippen LogP contribution is 2.19. The maximum Gasteiger partial charge on any atom is 0.243 e. The van der Waals surface area contributed by atoms with Gasteiger partial charge in [0.05, 0.1) is 26.7 Å². The molecule has 0 fully saturated rings. The standard InChI is InChI=1S/C23H30N4O4/c1-5-27(15-22(30)25-18-9-11-19(31-4)12-10-18)14-21(29)24-13-20(28)26-23-16(2)7-6-8-17(23)3/h6-12H,5,13-15H2,1-4H3,(H,24,29)(H,25,30)(H,26,28). The van der Waals surface area contributed by atoms with Gasteiger partial charge in [-0.1, -0.05) is 25.1 Å². The van der Waals surface area contributed by atoms with Crippen LogP contribution in [0.3, 0.4) is 0 Å². The number of aryl methyl sites for hydroxylation is 2. The van der Waals surface area contributed by atoms with E-state index in [4.69, 9.17) is 4.74 Å². The van der Waals surface area contributed by atoms with E-state index in [1.807, 2.05) is 39.0 Å². The third-order valence-electron chi connectivity index (χ3n) is 4.75. The fourth-order valence-corrected chi connectivity index (χ4v) is 2.99. The molecule has 0 heterocycles. The van der Waals surface area contributed by atoms with Gasteiger partial charge in [0.25, 0.3) is 0 Å². The number of hydrogen-bond acceptors (Lipinski definition) is 5. The van der Waals surface area contributed by atoms with Crippen LogP contribution in [0.2, 0.25) is 0 Å². The Hall–Kier alpha value is -3.39. The topological polar surface area (TPSA) is 99.8 Å². The number of nitrogens with zero attached hydrogens (tertiary/aromatic N) is 1. The first kappa shape index (κ1) is 23.9. The second-order valence-electron chi connectivity index (χ2n) is 7.17. The molecular formula is C23H30N4O4. The zero-order valence-electron chi connectivity index (χ0n) is 18.5. The Labute approximate surface area is 183 Å². The van der Waals surface area contributed by atoms with Gasteiger partial charge < -0.3 is 20.7 Å². The van der Waals surface area contributed by atoms with E-state index in [0.717, 1.165) is 16.8 Å². The Morgan fingerprint density at radius 1 is 0.871 bits per heavy atom. The largest absolute Gasteiger partial charge is 0.497 e. The number of rotatable bonds is 10. The number of nitrogens with one attached hydrogen (secondary N) is 3. The minimum Gasteiger partial charge on any atom is -0.497 e. The van der Waals surface area contributed by atoms with Crippen molar-refractivity contribution in [2.45, 2.75) is 20.8 Å². The van der Waals surface area contributed by atoms with Crippen LogP contribution >= 0.6 is 0 Å². The van der Waals surface area contributed by atoms with Crippen LogP contribution in [-0.4, -0.2) is 55.9 Å². The van der Waals surface area contributed by atoms with Crippen LogP contribution < -0.4 is 20.7 Å². The van der Waals surface area contributed by atoms with Crippen molar-refractivity contribution in [2.24, 2.45) is 0 Å². The number of hydrogen-bond donors (Lipinski definition) is 3. The lowest BCUT2D eigenvalue weighted by molar-refractivity contribution is -0.125. The molecule has 0 unspecified atom stereocenters. The summed E-state index contributed by atoms with van der Waals surface area (Å²) in [7, 11) is 1.57. The Morgan fingerprint density at radius 3 is 2.06 bits per heavy atom. The van der Waals surface area contributed by atoms with Gasteiger partial charge in [-0.05, 0) is 55.8 Å². The first-order chi connectivity index (χ1) is 14.8. The molecule has 2 rings (SSSR count). The second kappa shape index (κ2) is 11.7. The summed E-state index contributed by atoms with van der Waals surface area (Å²) in [6.07, 6.45) is 0. The van der Waals surface area contributed by atoms with E-state index in [0.29, 0.717) is 18.0 Å². The summed E-state index contributed by atoms with van der Waals surface area (Å²) < 4.78 is 5.09. The molecule has 166 valence electrons. The molecule has 31 heavy (non-hydrogen) atoms. The van der Waals surface area contributed by atoms with Crippen molar-refractivity contribution in [1.29, 1.82) is 0 Å². The van der Waals surface area contributed by atoms with E-state index >= 15 is 0 Å². The zero-order chi connectivity index (χ0) is 22.8. The molecule has 8 nitrogen and oxygen atoms in total. The number of anilines is 2. The highest BCUT2D eigenvalue weighted by atomic mass is 16.5. The molecule has 2 aromatic rings. The lowest BCUT2D eigenvalue weighted by Crippen LogP contribution is -2.43. The number of benzene rings is 2. The quantitative estimate of drug-likeness (QED) is 0.542. The molecule has 3 N–H and O–H groups in total. The number of likely N-dealkylation sites (N-methyl/N-ethyl adjacent to an activating group) is 1. The van der Waals surface area contributed by atoms with Crippen molar-refractivity contribution in [3.05, 3.63) is 53.6 Å². The van der Waals surface area contributed by atoms with Crippen molar-refractivity contribution in [3.8, 4) is 5.75 Å². The summed E-state index contributed by atoms with van der Waals surface area (Å²) >= 11 is 0. The van der Waals surface area contributed by atoms with E-state index < -0.39 is 0 Å². The summed E-state index contributed by atoms with van der Waals surface area (Å²) in [5.74, 6) is -0.152. The summed E-state index contributed by atoms with van der Waals surface area (Å²) in [5, 5.41) is 8.22. The summed E-state index contributed by atoms with van der Waals surface area (Å²) in [6.45, 7) is 6.14. The lowest BCUT2D eigenvalue weighted by atomic mass is 10.1. The van der Waals surface area contributed by atoms with Gasteiger partial charge in [-0.3, -0.25) is 19.3 Å². The minimum absolute atomic E-state index is 0.0171. The van der Waals surface area contributed by atoms with Gasteiger partial charge in [-0.25, -0.2) is 0 Å². The van der Waals surface area contributed by atoms with Gasteiger partial charge in [0.2, 0.25) is 17.7 Å². The van der Waals surface area contributed by atoms with Gasteiger partial charge in [-0.2, -0.15) is 0 Å². The smallest absolute Gasteiger partial charge is 0.243 e. The van der Waals surface area contributed by atoms with Crippen LogP contribution in [0.15, 0.2) is 42.5 Å². The van der Waals surface area contributed by atoms with E-state index in [-0.39, 0.29) is 37.4 Å². The lowest BCUT2D eigenvalue weighted by Gasteiger charge is -2.19. The first-order valence-corrected chi connectivity index (χ1v) is 10.1. The number of ether oxygens (including phenoxy) is 1. The second-order valence-corrected chi connectivity index (χ2v) is 7.17. The maximum atomic E-state index is 12.3. The molecule has 0 atom stereocenters. The molecular weight excluding hydrogens is 396 g/mol. The van der Waals surface area contributed by atoms with Crippen LogP contribution in [0.4, 0.5) is 11.4 Å². The molecule has 0 aliphatic carbocycles. The first-order valence-electron chi connectivity index (χ1n) is 10.1. The Bertz CT molecular complexity index is 892. The number of para-hydroxylation sites is 1. The summed E-state index contributed by atoms with van der Waals surface area (Å²) in [6, 6.07) is 12.7. The van der Waals surface area contributed by atoms with Crippen molar-refractivity contribution < 1.29 is 19.1 Å². The predicted molar refractivity (Wildman–Crippen MR) is 121 cm³/mol. The highest BCUT2D eigenvalue weighted by molar-refractivity contribution is 5.96. The van der Waals surface area contributed by atoms with Gasteiger partial charge in [0, 0.05) is 11.4 Å². The number of carbonyl (C=O) groups is 3.